The van der Waals surface area contributed by atoms with Crippen molar-refractivity contribution >= 4 is 15.7 Å². The highest BCUT2D eigenvalue weighted by Crippen LogP contribution is 2.24. The first-order chi connectivity index (χ1) is 15.4. The Bertz CT molecular complexity index is 1370. The third-order valence-electron chi connectivity index (χ3n) is 4.57. The van der Waals surface area contributed by atoms with Crippen LogP contribution in [0, 0.1) is 12.7 Å². The van der Waals surface area contributed by atoms with Crippen molar-refractivity contribution in [3.8, 4) is 23.0 Å². The lowest BCUT2D eigenvalue weighted by Crippen LogP contribution is -2.28. The van der Waals surface area contributed by atoms with Crippen molar-refractivity contribution in [3.63, 3.8) is 0 Å². The van der Waals surface area contributed by atoms with Gasteiger partial charge in [-0.1, -0.05) is 18.2 Å². The fraction of sp³-hybridized carbons (Fsp3) is 0.190. The number of benzene rings is 2. The molecule has 0 spiro atoms. The number of halogens is 1. The lowest BCUT2D eigenvalue weighted by Gasteiger charge is -2.12. The molecule has 2 heterocycles. The van der Waals surface area contributed by atoms with Gasteiger partial charge in [-0.25, -0.2) is 17.5 Å². The quantitative estimate of drug-likeness (QED) is 0.405. The second-order valence-corrected chi connectivity index (χ2v) is 8.61. The van der Waals surface area contributed by atoms with Gasteiger partial charge in [0, 0.05) is 18.2 Å². The number of nitrogens with one attached hydrogen (secondary N) is 1. The lowest BCUT2D eigenvalue weighted by molar-refractivity contribution is 0.305. The fourth-order valence-corrected chi connectivity index (χ4v) is 4.22. The average molecular weight is 457 g/mol. The molecule has 0 aliphatic heterocycles. The molecule has 4 aromatic rings. The van der Waals surface area contributed by atoms with E-state index in [-0.39, 0.29) is 29.7 Å². The summed E-state index contributed by atoms with van der Waals surface area (Å²) in [7, 11) is -2.36. The molecule has 2 aromatic heterocycles. The maximum absolute atomic E-state index is 13.6. The third kappa shape index (κ3) is 4.53. The first-order valence-electron chi connectivity index (χ1n) is 9.63. The molecule has 0 amide bonds. The number of aromatic nitrogens is 4. The van der Waals surface area contributed by atoms with E-state index in [1.54, 1.807) is 36.4 Å². The van der Waals surface area contributed by atoms with E-state index in [1.165, 1.54) is 29.8 Å². The zero-order valence-electron chi connectivity index (χ0n) is 17.3. The number of aryl methyl sites for hydroxylation is 1. The van der Waals surface area contributed by atoms with Crippen LogP contribution in [0.1, 0.15) is 5.56 Å². The van der Waals surface area contributed by atoms with E-state index in [9.17, 15) is 12.8 Å². The Morgan fingerprint density at radius 1 is 1.09 bits per heavy atom. The highest BCUT2D eigenvalue weighted by atomic mass is 32.2. The van der Waals surface area contributed by atoms with Crippen LogP contribution in [0.4, 0.5) is 4.39 Å². The smallest absolute Gasteiger partial charge is 0.244 e. The Morgan fingerprint density at radius 2 is 1.94 bits per heavy atom. The summed E-state index contributed by atoms with van der Waals surface area (Å²) in [6.45, 7) is 1.89. The van der Waals surface area contributed by atoms with Crippen molar-refractivity contribution in [2.75, 3.05) is 20.3 Å². The molecule has 166 valence electrons. The highest BCUT2D eigenvalue weighted by molar-refractivity contribution is 7.89. The molecule has 0 bridgehead atoms. The van der Waals surface area contributed by atoms with E-state index >= 15 is 0 Å². The van der Waals surface area contributed by atoms with Gasteiger partial charge in [-0.05, 0) is 42.8 Å². The Kier molecular flexibility index (Phi) is 6.01. The molecule has 0 aliphatic carbocycles. The number of sulfonamides is 1. The first kappa shape index (κ1) is 21.7. The zero-order chi connectivity index (χ0) is 22.7. The number of fused-ring (bicyclic) bond motifs is 1. The predicted octanol–water partition coefficient (Wildman–Crippen LogP) is 2.60. The number of hydrogen-bond acceptors (Lipinski definition) is 7. The molecule has 0 atom stereocenters. The van der Waals surface area contributed by atoms with E-state index in [4.69, 9.17) is 9.47 Å². The molecular formula is C21H20FN5O4S. The zero-order valence-corrected chi connectivity index (χ0v) is 18.1. The van der Waals surface area contributed by atoms with E-state index < -0.39 is 15.8 Å². The molecular weight excluding hydrogens is 437 g/mol. The maximum atomic E-state index is 13.6. The van der Waals surface area contributed by atoms with Crippen molar-refractivity contribution in [1.29, 1.82) is 0 Å². The number of hydrogen-bond donors (Lipinski definition) is 1. The summed E-state index contributed by atoms with van der Waals surface area (Å²) in [6, 6.07) is 14.0. The number of nitrogens with zero attached hydrogens (tertiary/aromatic N) is 4. The van der Waals surface area contributed by atoms with Crippen LogP contribution < -0.4 is 14.2 Å². The number of methoxy groups -OCH3 is 1. The van der Waals surface area contributed by atoms with Crippen LogP contribution >= 0.6 is 0 Å². The van der Waals surface area contributed by atoms with Crippen LogP contribution in [0.2, 0.25) is 0 Å². The molecule has 0 saturated carbocycles. The van der Waals surface area contributed by atoms with Crippen molar-refractivity contribution < 1.29 is 22.3 Å². The van der Waals surface area contributed by atoms with E-state index in [1.807, 2.05) is 6.92 Å². The third-order valence-corrected chi connectivity index (χ3v) is 6.07. The molecule has 9 nitrogen and oxygen atoms in total. The normalized spacial score (nSPS) is 11.6. The van der Waals surface area contributed by atoms with E-state index in [0.717, 1.165) is 5.56 Å². The molecule has 11 heteroatoms. The predicted molar refractivity (Wildman–Crippen MR) is 115 cm³/mol. The van der Waals surface area contributed by atoms with Crippen molar-refractivity contribution in [2.24, 2.45) is 0 Å². The van der Waals surface area contributed by atoms with Gasteiger partial charge in [0.25, 0.3) is 0 Å². The minimum absolute atomic E-state index is 0.0119. The average Bonchev–Trinajstić information content (AvgIpc) is 3.20. The molecule has 0 unspecified atom stereocenters. The molecule has 0 radical (unpaired) electrons. The maximum Gasteiger partial charge on any atom is 0.244 e. The van der Waals surface area contributed by atoms with Gasteiger partial charge in [-0.2, -0.15) is 4.52 Å². The summed E-state index contributed by atoms with van der Waals surface area (Å²) >= 11 is 0. The topological polar surface area (TPSA) is 108 Å². The summed E-state index contributed by atoms with van der Waals surface area (Å²) in [5, 5.41) is 12.4. The lowest BCUT2D eigenvalue weighted by atomic mass is 10.2. The van der Waals surface area contributed by atoms with Crippen LogP contribution in [-0.4, -0.2) is 48.5 Å². The van der Waals surface area contributed by atoms with Crippen molar-refractivity contribution in [1.82, 2.24) is 24.5 Å². The van der Waals surface area contributed by atoms with Crippen LogP contribution in [-0.2, 0) is 10.0 Å². The summed E-state index contributed by atoms with van der Waals surface area (Å²) < 4.78 is 53.4. The Morgan fingerprint density at radius 3 is 2.72 bits per heavy atom. The molecule has 2 aromatic carbocycles. The fourth-order valence-electron chi connectivity index (χ4n) is 3.06. The highest BCUT2D eigenvalue weighted by Gasteiger charge is 2.19. The minimum Gasteiger partial charge on any atom is -0.495 e. The Balaban J connectivity index is 1.44. The first-order valence-corrected chi connectivity index (χ1v) is 11.1. The summed E-state index contributed by atoms with van der Waals surface area (Å²) in [5.41, 5.74) is 1.86. The van der Waals surface area contributed by atoms with E-state index in [2.05, 4.69) is 20.0 Å². The Hall–Kier alpha value is -3.57. The van der Waals surface area contributed by atoms with Gasteiger partial charge in [0.05, 0.1) is 7.11 Å². The Labute approximate surface area is 183 Å². The largest absolute Gasteiger partial charge is 0.495 e. The monoisotopic (exact) mass is 457 g/mol. The van der Waals surface area contributed by atoms with Gasteiger partial charge in [0.2, 0.25) is 15.9 Å². The number of rotatable bonds is 8. The van der Waals surface area contributed by atoms with E-state index in [0.29, 0.717) is 17.0 Å². The molecule has 0 aliphatic rings. The van der Waals surface area contributed by atoms with Gasteiger partial charge in [-0.15, -0.1) is 15.3 Å². The standard InChI is InChI=1S/C21H20FN5O4S/c1-14-6-7-18(17(12-14)30-2)32(28,29)23-10-11-31-20-9-8-19-24-25-21(27(19)26-20)15-4-3-5-16(22)13-15/h3-9,12-13,23H,10-11H2,1-2H3. The molecule has 1 N–H and O–H groups in total. The van der Waals surface area contributed by atoms with Crippen molar-refractivity contribution in [3.05, 3.63) is 66.0 Å². The molecule has 32 heavy (non-hydrogen) atoms. The summed E-state index contributed by atoms with van der Waals surface area (Å²) in [6.07, 6.45) is 0. The summed E-state index contributed by atoms with van der Waals surface area (Å²) in [4.78, 5) is 0.0503. The van der Waals surface area contributed by atoms with Gasteiger partial charge in [-0.3, -0.25) is 0 Å². The molecule has 4 rings (SSSR count). The summed E-state index contributed by atoms with van der Waals surface area (Å²) in [5.74, 6) is 0.464. The molecule has 0 saturated heterocycles. The minimum atomic E-state index is -3.78. The molecule has 0 fully saturated rings. The van der Waals surface area contributed by atoms with Gasteiger partial charge in [0.1, 0.15) is 23.1 Å². The van der Waals surface area contributed by atoms with Crippen LogP contribution in [0.3, 0.4) is 0 Å². The second kappa shape index (κ2) is 8.89. The second-order valence-electron chi connectivity index (χ2n) is 6.88. The van der Waals surface area contributed by atoms with Crippen molar-refractivity contribution in [2.45, 2.75) is 11.8 Å². The van der Waals surface area contributed by atoms with Crippen LogP contribution in [0.15, 0.2) is 59.5 Å². The van der Waals surface area contributed by atoms with Gasteiger partial charge >= 0.3 is 0 Å². The van der Waals surface area contributed by atoms with Crippen LogP contribution in [0.25, 0.3) is 17.0 Å². The van der Waals surface area contributed by atoms with Gasteiger partial charge in [0.15, 0.2) is 11.5 Å². The van der Waals surface area contributed by atoms with Gasteiger partial charge < -0.3 is 9.47 Å². The number of ether oxygens (including phenoxy) is 2. The van der Waals surface area contributed by atoms with Crippen LogP contribution in [0.5, 0.6) is 11.6 Å². The SMILES string of the molecule is COc1cc(C)ccc1S(=O)(=O)NCCOc1ccc2nnc(-c3cccc(F)c3)n2n1.